The summed E-state index contributed by atoms with van der Waals surface area (Å²) in [5, 5.41) is 2.38. The largest absolute Gasteiger partial charge is 0.376 e. The van der Waals surface area contributed by atoms with Crippen molar-refractivity contribution >= 4 is 17.7 Å². The average molecular weight is 441 g/mol. The van der Waals surface area contributed by atoms with Gasteiger partial charge in [0.25, 0.3) is 5.91 Å². The van der Waals surface area contributed by atoms with Crippen LogP contribution in [0, 0.1) is 0 Å². The molecule has 5 rings (SSSR count). The van der Waals surface area contributed by atoms with Crippen LogP contribution in [0.5, 0.6) is 0 Å². The smallest absolute Gasteiger partial charge is 0.255 e. The highest BCUT2D eigenvalue weighted by atomic mass is 16.5. The van der Waals surface area contributed by atoms with Gasteiger partial charge in [-0.3, -0.25) is 24.6 Å². The number of hydrogen-bond acceptors (Lipinski definition) is 6. The van der Waals surface area contributed by atoms with Crippen molar-refractivity contribution < 1.29 is 19.1 Å². The topological polar surface area (TPSA) is 105 Å². The molecule has 3 saturated heterocycles. The number of carbonyl (C=O) groups is 3. The standard InChI is InChI=1S/C24H32N4O4/c25-16-9-11-32-21(12-16)19-6-1-2-10-27(19)13-15-4-3-5-17-18(15)14-28(24(17)31)20-7-8-22(29)26-23(20)30/h3-5,16,19-21H,1-2,6-14,25H2,(H,26,29,30). The number of benzene rings is 1. The average Bonchev–Trinajstić information content (AvgIpc) is 3.11. The fraction of sp³-hybridized carbons (Fsp3) is 0.625. The van der Waals surface area contributed by atoms with E-state index in [-0.39, 0.29) is 36.3 Å². The maximum absolute atomic E-state index is 13.1. The minimum Gasteiger partial charge on any atom is -0.376 e. The Morgan fingerprint density at radius 1 is 1.12 bits per heavy atom. The van der Waals surface area contributed by atoms with Crippen molar-refractivity contribution in [3.63, 3.8) is 0 Å². The minimum absolute atomic E-state index is 0.117. The molecule has 4 aliphatic heterocycles. The number of imide groups is 1. The second kappa shape index (κ2) is 8.92. The van der Waals surface area contributed by atoms with Gasteiger partial charge in [-0.05, 0) is 55.8 Å². The molecule has 4 heterocycles. The lowest BCUT2D eigenvalue weighted by Gasteiger charge is -2.42. The lowest BCUT2D eigenvalue weighted by molar-refractivity contribution is -0.136. The molecular formula is C24H32N4O4. The Hall–Kier alpha value is -2.29. The first-order chi connectivity index (χ1) is 15.5. The monoisotopic (exact) mass is 440 g/mol. The Balaban J connectivity index is 1.35. The third-order valence-corrected chi connectivity index (χ3v) is 7.50. The van der Waals surface area contributed by atoms with Gasteiger partial charge in [-0.2, -0.15) is 0 Å². The molecule has 8 nitrogen and oxygen atoms in total. The first-order valence-corrected chi connectivity index (χ1v) is 11.9. The molecule has 0 aliphatic carbocycles. The normalized spacial score (nSPS) is 31.5. The van der Waals surface area contributed by atoms with Crippen LogP contribution in [0.25, 0.3) is 0 Å². The Labute approximate surface area is 188 Å². The lowest BCUT2D eigenvalue weighted by Crippen LogP contribution is -2.52. The van der Waals surface area contributed by atoms with Crippen LogP contribution in [-0.4, -0.2) is 64.9 Å². The summed E-state index contributed by atoms with van der Waals surface area (Å²) < 4.78 is 6.13. The second-order valence-electron chi connectivity index (χ2n) is 9.57. The molecule has 0 saturated carbocycles. The number of piperidine rings is 2. The molecular weight excluding hydrogens is 408 g/mol. The van der Waals surface area contributed by atoms with Crippen molar-refractivity contribution in [2.75, 3.05) is 13.2 Å². The van der Waals surface area contributed by atoms with Crippen LogP contribution in [0.2, 0.25) is 0 Å². The van der Waals surface area contributed by atoms with Gasteiger partial charge in [0.05, 0.1) is 6.10 Å². The molecule has 1 aromatic carbocycles. The van der Waals surface area contributed by atoms with Crippen LogP contribution < -0.4 is 11.1 Å². The number of nitrogens with two attached hydrogens (primary N) is 1. The number of carbonyl (C=O) groups excluding carboxylic acids is 3. The van der Waals surface area contributed by atoms with Gasteiger partial charge in [0.15, 0.2) is 0 Å². The van der Waals surface area contributed by atoms with Crippen molar-refractivity contribution in [3.05, 3.63) is 34.9 Å². The number of fused-ring (bicyclic) bond motifs is 1. The maximum atomic E-state index is 13.1. The number of nitrogens with one attached hydrogen (secondary N) is 1. The van der Waals surface area contributed by atoms with Gasteiger partial charge in [0.2, 0.25) is 11.8 Å². The van der Waals surface area contributed by atoms with Gasteiger partial charge >= 0.3 is 0 Å². The minimum atomic E-state index is -0.583. The summed E-state index contributed by atoms with van der Waals surface area (Å²) in [5.41, 5.74) is 9.05. The predicted molar refractivity (Wildman–Crippen MR) is 117 cm³/mol. The summed E-state index contributed by atoms with van der Waals surface area (Å²) in [6.45, 7) is 2.92. The number of amides is 3. The first kappa shape index (κ1) is 21.6. The van der Waals surface area contributed by atoms with E-state index >= 15 is 0 Å². The van der Waals surface area contributed by atoms with E-state index in [0.29, 0.717) is 24.6 Å². The Bertz CT molecular complexity index is 919. The number of rotatable bonds is 4. The Kier molecular flexibility index (Phi) is 6.01. The third kappa shape index (κ3) is 4.07. The van der Waals surface area contributed by atoms with Gasteiger partial charge < -0.3 is 15.4 Å². The van der Waals surface area contributed by atoms with E-state index in [1.807, 2.05) is 12.1 Å². The third-order valence-electron chi connectivity index (χ3n) is 7.50. The molecule has 172 valence electrons. The van der Waals surface area contributed by atoms with Gasteiger partial charge in [-0.1, -0.05) is 18.6 Å². The Morgan fingerprint density at radius 2 is 2.00 bits per heavy atom. The predicted octanol–water partition coefficient (Wildman–Crippen LogP) is 1.31. The molecule has 3 N–H and O–H groups in total. The highest BCUT2D eigenvalue weighted by Gasteiger charge is 2.40. The van der Waals surface area contributed by atoms with Crippen LogP contribution in [0.3, 0.4) is 0 Å². The zero-order valence-electron chi connectivity index (χ0n) is 18.4. The molecule has 3 fully saturated rings. The van der Waals surface area contributed by atoms with Crippen molar-refractivity contribution in [3.8, 4) is 0 Å². The molecule has 8 heteroatoms. The van der Waals surface area contributed by atoms with Gasteiger partial charge in [0.1, 0.15) is 6.04 Å². The van der Waals surface area contributed by atoms with E-state index < -0.39 is 6.04 Å². The van der Waals surface area contributed by atoms with Crippen molar-refractivity contribution in [1.82, 2.24) is 15.1 Å². The van der Waals surface area contributed by atoms with Crippen molar-refractivity contribution in [2.24, 2.45) is 5.73 Å². The molecule has 4 aliphatic rings. The second-order valence-corrected chi connectivity index (χ2v) is 9.57. The zero-order chi connectivity index (χ0) is 22.2. The highest BCUT2D eigenvalue weighted by Crippen LogP contribution is 2.33. The maximum Gasteiger partial charge on any atom is 0.255 e. The van der Waals surface area contributed by atoms with Crippen LogP contribution >= 0.6 is 0 Å². The summed E-state index contributed by atoms with van der Waals surface area (Å²) in [5.74, 6) is -0.754. The molecule has 0 bridgehead atoms. The number of nitrogens with zero attached hydrogens (tertiary/aromatic N) is 2. The Morgan fingerprint density at radius 3 is 2.81 bits per heavy atom. The molecule has 3 amide bonds. The fourth-order valence-corrected chi connectivity index (χ4v) is 5.77. The van der Waals surface area contributed by atoms with Crippen LogP contribution in [0.15, 0.2) is 18.2 Å². The number of hydrogen-bond donors (Lipinski definition) is 2. The van der Waals surface area contributed by atoms with Gasteiger partial charge in [-0.25, -0.2) is 0 Å². The molecule has 0 spiro atoms. The van der Waals surface area contributed by atoms with E-state index in [0.717, 1.165) is 56.5 Å². The van der Waals surface area contributed by atoms with Gasteiger partial charge in [0, 0.05) is 43.8 Å². The van der Waals surface area contributed by atoms with E-state index in [2.05, 4.69) is 16.3 Å². The molecule has 4 atom stereocenters. The summed E-state index contributed by atoms with van der Waals surface area (Å²) >= 11 is 0. The van der Waals surface area contributed by atoms with Crippen LogP contribution in [-0.2, 0) is 27.4 Å². The van der Waals surface area contributed by atoms with Crippen LogP contribution in [0.4, 0.5) is 0 Å². The summed E-state index contributed by atoms with van der Waals surface area (Å²) in [6, 6.07) is 5.85. The number of ether oxygens (including phenoxy) is 1. The number of likely N-dealkylation sites (tertiary alicyclic amines) is 1. The molecule has 1 aromatic rings. The van der Waals surface area contributed by atoms with Crippen molar-refractivity contribution in [2.45, 2.75) is 82.3 Å². The molecule has 0 aromatic heterocycles. The molecule has 4 unspecified atom stereocenters. The van der Waals surface area contributed by atoms with Crippen molar-refractivity contribution in [1.29, 1.82) is 0 Å². The fourth-order valence-electron chi connectivity index (χ4n) is 5.77. The van der Waals surface area contributed by atoms with E-state index in [4.69, 9.17) is 10.5 Å². The van der Waals surface area contributed by atoms with E-state index in [9.17, 15) is 14.4 Å². The molecule has 0 radical (unpaired) electrons. The SMILES string of the molecule is NC1CCOC(C2CCCCN2Cc2cccc3c2CN(C2CCC(=O)NC2=O)C3=O)C1. The summed E-state index contributed by atoms with van der Waals surface area (Å²) in [4.78, 5) is 41.2. The van der Waals surface area contributed by atoms with Gasteiger partial charge in [-0.15, -0.1) is 0 Å². The van der Waals surface area contributed by atoms with Crippen LogP contribution in [0.1, 0.15) is 66.4 Å². The molecule has 32 heavy (non-hydrogen) atoms. The summed E-state index contributed by atoms with van der Waals surface area (Å²) in [7, 11) is 0. The highest BCUT2D eigenvalue weighted by molar-refractivity contribution is 6.05. The lowest BCUT2D eigenvalue weighted by atomic mass is 9.90. The van der Waals surface area contributed by atoms with E-state index in [1.54, 1.807) is 4.90 Å². The summed E-state index contributed by atoms with van der Waals surface area (Å²) in [6.07, 6.45) is 6.10. The quantitative estimate of drug-likeness (QED) is 0.684. The first-order valence-electron chi connectivity index (χ1n) is 11.9. The van der Waals surface area contributed by atoms with E-state index in [1.165, 1.54) is 6.42 Å². The zero-order valence-corrected chi connectivity index (χ0v) is 18.4.